The van der Waals surface area contributed by atoms with Crippen molar-refractivity contribution in [3.05, 3.63) is 29.7 Å². The predicted octanol–water partition coefficient (Wildman–Crippen LogP) is 4.12. The molecule has 0 aromatic carbocycles. The standard InChI is InChI=1S/C16H25N5.ClH/c1-12(2)20-10-13(3)16(19-20)17-8-14-9-18-21(11-14)15-6-4-5-7-15;/h9-12,15H,4-8H2,1-3H3,(H,17,19);1H. The maximum absolute atomic E-state index is 4.59. The van der Waals surface area contributed by atoms with E-state index in [1.165, 1.54) is 36.8 Å². The zero-order valence-electron chi connectivity index (χ0n) is 13.6. The lowest BCUT2D eigenvalue weighted by atomic mass is 10.2. The minimum Gasteiger partial charge on any atom is -0.364 e. The Hall–Kier alpha value is -1.49. The van der Waals surface area contributed by atoms with E-state index >= 15 is 0 Å². The fraction of sp³-hybridized carbons (Fsp3) is 0.625. The van der Waals surface area contributed by atoms with Crippen molar-refractivity contribution in [1.82, 2.24) is 19.6 Å². The van der Waals surface area contributed by atoms with Crippen LogP contribution >= 0.6 is 12.4 Å². The van der Waals surface area contributed by atoms with E-state index in [0.717, 1.165) is 12.4 Å². The lowest BCUT2D eigenvalue weighted by Crippen LogP contribution is -2.05. The molecule has 0 radical (unpaired) electrons. The van der Waals surface area contributed by atoms with E-state index in [-0.39, 0.29) is 12.4 Å². The van der Waals surface area contributed by atoms with Gasteiger partial charge in [0, 0.05) is 36.1 Å². The van der Waals surface area contributed by atoms with Crippen molar-refractivity contribution in [2.45, 2.75) is 65.1 Å². The Kier molecular flexibility index (Phi) is 5.51. The monoisotopic (exact) mass is 323 g/mol. The van der Waals surface area contributed by atoms with Crippen molar-refractivity contribution in [2.24, 2.45) is 0 Å². The molecule has 5 nitrogen and oxygen atoms in total. The number of anilines is 1. The van der Waals surface area contributed by atoms with E-state index in [1.807, 2.05) is 10.9 Å². The first-order chi connectivity index (χ1) is 10.1. The molecule has 3 rings (SSSR count). The van der Waals surface area contributed by atoms with Gasteiger partial charge in [0.1, 0.15) is 0 Å². The third-order valence-electron chi connectivity index (χ3n) is 4.26. The van der Waals surface area contributed by atoms with Crippen molar-refractivity contribution in [2.75, 3.05) is 5.32 Å². The molecule has 6 heteroatoms. The summed E-state index contributed by atoms with van der Waals surface area (Å²) in [5.74, 6) is 0.970. The molecule has 1 aliphatic carbocycles. The highest BCUT2D eigenvalue weighted by molar-refractivity contribution is 5.85. The maximum atomic E-state index is 4.59. The molecular weight excluding hydrogens is 298 g/mol. The van der Waals surface area contributed by atoms with Gasteiger partial charge in [-0.2, -0.15) is 10.2 Å². The zero-order valence-corrected chi connectivity index (χ0v) is 14.4. The summed E-state index contributed by atoms with van der Waals surface area (Å²) in [6, 6.07) is 1.00. The van der Waals surface area contributed by atoms with Gasteiger partial charge >= 0.3 is 0 Å². The number of hydrogen-bond acceptors (Lipinski definition) is 3. The Bertz CT molecular complexity index is 595. The molecule has 0 amide bonds. The highest BCUT2D eigenvalue weighted by Gasteiger charge is 2.17. The molecule has 2 aromatic rings. The minimum atomic E-state index is 0. The molecular formula is C16H26ClN5. The van der Waals surface area contributed by atoms with Crippen molar-refractivity contribution in [3.8, 4) is 0 Å². The van der Waals surface area contributed by atoms with Gasteiger partial charge in [-0.25, -0.2) is 0 Å². The van der Waals surface area contributed by atoms with Crippen LogP contribution in [0.1, 0.15) is 62.7 Å². The molecule has 0 aliphatic heterocycles. The predicted molar refractivity (Wildman–Crippen MR) is 91.7 cm³/mol. The van der Waals surface area contributed by atoms with Crippen LogP contribution in [0.25, 0.3) is 0 Å². The molecule has 2 aromatic heterocycles. The average Bonchev–Trinajstić information content (AvgIpc) is 3.17. The van der Waals surface area contributed by atoms with E-state index in [2.05, 4.69) is 53.4 Å². The molecule has 0 saturated heterocycles. The van der Waals surface area contributed by atoms with Crippen LogP contribution in [0.3, 0.4) is 0 Å². The molecule has 122 valence electrons. The second-order valence-corrected chi connectivity index (χ2v) is 6.35. The van der Waals surface area contributed by atoms with E-state index in [4.69, 9.17) is 0 Å². The Labute approximate surface area is 138 Å². The fourth-order valence-electron chi connectivity index (χ4n) is 2.95. The topological polar surface area (TPSA) is 47.7 Å². The summed E-state index contributed by atoms with van der Waals surface area (Å²) >= 11 is 0. The van der Waals surface area contributed by atoms with Gasteiger partial charge in [-0.1, -0.05) is 12.8 Å². The second kappa shape index (κ2) is 7.18. The number of aryl methyl sites for hydroxylation is 1. The highest BCUT2D eigenvalue weighted by Crippen LogP contribution is 2.28. The zero-order chi connectivity index (χ0) is 14.8. The molecule has 0 spiro atoms. The summed E-state index contributed by atoms with van der Waals surface area (Å²) in [7, 11) is 0. The molecule has 1 saturated carbocycles. The van der Waals surface area contributed by atoms with E-state index < -0.39 is 0 Å². The molecule has 0 bridgehead atoms. The Morgan fingerprint density at radius 3 is 2.64 bits per heavy atom. The van der Waals surface area contributed by atoms with Crippen LogP contribution in [-0.2, 0) is 6.54 Å². The SMILES string of the molecule is Cc1cn(C(C)C)nc1NCc1cnn(C2CCCC2)c1.Cl. The third-order valence-corrected chi connectivity index (χ3v) is 4.26. The van der Waals surface area contributed by atoms with E-state index in [9.17, 15) is 0 Å². The van der Waals surface area contributed by atoms with Gasteiger partial charge in [-0.3, -0.25) is 9.36 Å². The lowest BCUT2D eigenvalue weighted by molar-refractivity contribution is 0.466. The maximum Gasteiger partial charge on any atom is 0.151 e. The van der Waals surface area contributed by atoms with Crippen molar-refractivity contribution in [3.63, 3.8) is 0 Å². The number of rotatable bonds is 5. The summed E-state index contributed by atoms with van der Waals surface area (Å²) < 4.78 is 4.14. The van der Waals surface area contributed by atoms with Crippen LogP contribution in [0, 0.1) is 6.92 Å². The van der Waals surface area contributed by atoms with Crippen LogP contribution in [-0.4, -0.2) is 19.6 Å². The number of aromatic nitrogens is 4. The summed E-state index contributed by atoms with van der Waals surface area (Å²) in [6.07, 6.45) is 11.5. The molecule has 1 fully saturated rings. The van der Waals surface area contributed by atoms with Gasteiger partial charge in [0.25, 0.3) is 0 Å². The van der Waals surface area contributed by atoms with E-state index in [0.29, 0.717) is 12.1 Å². The summed E-state index contributed by atoms with van der Waals surface area (Å²) in [5.41, 5.74) is 2.41. The lowest BCUT2D eigenvalue weighted by Gasteiger charge is -2.08. The first-order valence-corrected chi connectivity index (χ1v) is 7.96. The van der Waals surface area contributed by atoms with Crippen LogP contribution < -0.4 is 5.32 Å². The van der Waals surface area contributed by atoms with Gasteiger partial charge in [0.05, 0.1) is 12.2 Å². The van der Waals surface area contributed by atoms with Crippen LogP contribution in [0.2, 0.25) is 0 Å². The molecule has 0 unspecified atom stereocenters. The number of nitrogens with one attached hydrogen (secondary N) is 1. The number of hydrogen-bond donors (Lipinski definition) is 1. The minimum absolute atomic E-state index is 0. The number of halogens is 1. The number of nitrogens with zero attached hydrogens (tertiary/aromatic N) is 4. The van der Waals surface area contributed by atoms with Crippen molar-refractivity contribution < 1.29 is 0 Å². The summed E-state index contributed by atoms with van der Waals surface area (Å²) in [4.78, 5) is 0. The molecule has 1 N–H and O–H groups in total. The third kappa shape index (κ3) is 3.64. The first kappa shape index (κ1) is 16.9. The van der Waals surface area contributed by atoms with Gasteiger partial charge in [-0.05, 0) is 33.6 Å². The quantitative estimate of drug-likeness (QED) is 0.900. The molecule has 1 aliphatic rings. The van der Waals surface area contributed by atoms with Crippen LogP contribution in [0.5, 0.6) is 0 Å². The Morgan fingerprint density at radius 1 is 1.27 bits per heavy atom. The smallest absolute Gasteiger partial charge is 0.151 e. The van der Waals surface area contributed by atoms with Crippen LogP contribution in [0.15, 0.2) is 18.6 Å². The molecule has 22 heavy (non-hydrogen) atoms. The van der Waals surface area contributed by atoms with Crippen molar-refractivity contribution in [1.29, 1.82) is 0 Å². The summed E-state index contributed by atoms with van der Waals surface area (Å²) in [6.45, 7) is 7.16. The molecule has 2 heterocycles. The van der Waals surface area contributed by atoms with Gasteiger partial charge < -0.3 is 5.32 Å². The summed E-state index contributed by atoms with van der Waals surface area (Å²) in [5, 5.41) is 12.5. The average molecular weight is 324 g/mol. The van der Waals surface area contributed by atoms with Crippen LogP contribution in [0.4, 0.5) is 5.82 Å². The fourth-order valence-corrected chi connectivity index (χ4v) is 2.95. The highest BCUT2D eigenvalue weighted by atomic mass is 35.5. The molecule has 0 atom stereocenters. The van der Waals surface area contributed by atoms with E-state index in [1.54, 1.807) is 0 Å². The first-order valence-electron chi connectivity index (χ1n) is 7.96. The van der Waals surface area contributed by atoms with Gasteiger partial charge in [0.15, 0.2) is 5.82 Å². The Morgan fingerprint density at radius 2 is 2.00 bits per heavy atom. The van der Waals surface area contributed by atoms with Crippen molar-refractivity contribution >= 4 is 18.2 Å². The Balaban J connectivity index is 0.00000176. The van der Waals surface area contributed by atoms with Gasteiger partial charge in [-0.15, -0.1) is 12.4 Å². The largest absolute Gasteiger partial charge is 0.364 e. The second-order valence-electron chi connectivity index (χ2n) is 6.35. The van der Waals surface area contributed by atoms with Gasteiger partial charge in [0.2, 0.25) is 0 Å². The normalized spacial score (nSPS) is 15.3.